The maximum absolute atomic E-state index is 12.6. The number of rotatable bonds is 43. The van der Waals surface area contributed by atoms with Crippen molar-refractivity contribution in [3.05, 3.63) is 60.8 Å². The number of allylic oxidation sites excluding steroid dienone is 10. The monoisotopic (exact) mass is 853 g/mol. The summed E-state index contributed by atoms with van der Waals surface area (Å²) in [6.45, 7) is 2.30. The predicted molar refractivity (Wildman–Crippen MR) is 242 cm³/mol. The Morgan fingerprint density at radius 2 is 0.881 bits per heavy atom. The normalized spacial score (nSPS) is 14.3. The number of aliphatic hydroxyl groups is 2. The molecule has 0 bridgehead atoms. The molecular weight excluding hydrogens is 767 g/mol. The second kappa shape index (κ2) is 43.7. The number of phosphoric acid groups is 1. The van der Waals surface area contributed by atoms with Gasteiger partial charge in [-0.25, -0.2) is 4.57 Å². The lowest BCUT2D eigenvalue weighted by Gasteiger charge is -2.20. The molecule has 0 rings (SSSR count). The van der Waals surface area contributed by atoms with Gasteiger partial charge in [-0.2, -0.15) is 0 Å². The summed E-state index contributed by atoms with van der Waals surface area (Å²) in [5, 5.41) is 18.4. The molecule has 0 aromatic heterocycles. The molecule has 3 N–H and O–H groups in total. The Bertz CT molecular complexity index is 1160. The lowest BCUT2D eigenvalue weighted by atomic mass is 10.1. The zero-order chi connectivity index (χ0) is 43.3. The largest absolute Gasteiger partial charge is 0.472 e. The number of unbranched alkanes of at least 4 members (excludes halogenated alkanes) is 19. The molecular formula is C48H85O10P. The molecule has 0 aliphatic rings. The maximum Gasteiger partial charge on any atom is 0.472 e. The van der Waals surface area contributed by atoms with Gasteiger partial charge in [-0.1, -0.05) is 158 Å². The quantitative estimate of drug-likeness (QED) is 0.0234. The number of esters is 2. The summed E-state index contributed by atoms with van der Waals surface area (Å²) >= 11 is 0. The average Bonchev–Trinajstić information content (AvgIpc) is 3.22. The standard InChI is InChI=1S/C48H85O10P/c1-3-5-7-9-11-13-15-17-19-21-22-24-25-27-29-31-33-35-37-39-47(51)55-43-46(44-57-59(53,54)56-42-45(50)41-49)58-48(52)40-38-36-34-32-30-28-26-23-20-18-16-14-12-10-8-6-4-2/h11-14,17-20,26,28,45-46,49-50H,3-10,15-16,21-25,27,29-44H2,1-2H3,(H,53,54)/b13-11+,14-12+,19-17+,20-18+,28-26+/t45-,46+/m0/s1. The van der Waals surface area contributed by atoms with E-state index >= 15 is 0 Å². The van der Waals surface area contributed by atoms with Gasteiger partial charge in [-0.05, 0) is 83.5 Å². The van der Waals surface area contributed by atoms with Crippen molar-refractivity contribution in [3.8, 4) is 0 Å². The SMILES string of the molecule is CCCCC/C=C/C/C=C/C/C=C/CCCCCCC(=O)O[C@H](COC(=O)CCCCCCCCCCC/C=C/C/C=C/CCCCC)COP(=O)(O)OC[C@@H](O)CO. The number of phosphoric ester groups is 1. The summed E-state index contributed by atoms with van der Waals surface area (Å²) in [5.74, 6) is -0.956. The minimum atomic E-state index is -4.63. The molecule has 0 saturated heterocycles. The molecule has 0 spiro atoms. The Hall–Kier alpha value is -2.33. The fourth-order valence-electron chi connectivity index (χ4n) is 6.03. The summed E-state index contributed by atoms with van der Waals surface area (Å²) in [6.07, 6.45) is 48.9. The van der Waals surface area contributed by atoms with Gasteiger partial charge < -0.3 is 24.6 Å². The predicted octanol–water partition coefficient (Wildman–Crippen LogP) is 12.7. The Kier molecular flexibility index (Phi) is 42.0. The van der Waals surface area contributed by atoms with E-state index in [1.807, 2.05) is 0 Å². The summed E-state index contributed by atoms with van der Waals surface area (Å²) in [4.78, 5) is 35.1. The molecule has 10 nitrogen and oxygen atoms in total. The number of aliphatic hydroxyl groups excluding tert-OH is 2. The van der Waals surface area contributed by atoms with Gasteiger partial charge in [-0.3, -0.25) is 18.6 Å². The lowest BCUT2D eigenvalue weighted by molar-refractivity contribution is -0.161. The summed E-state index contributed by atoms with van der Waals surface area (Å²) in [5.41, 5.74) is 0. The van der Waals surface area contributed by atoms with Gasteiger partial charge in [0.25, 0.3) is 0 Å². The molecule has 0 aliphatic carbocycles. The van der Waals surface area contributed by atoms with Crippen molar-refractivity contribution in [1.29, 1.82) is 0 Å². The Morgan fingerprint density at radius 3 is 1.32 bits per heavy atom. The van der Waals surface area contributed by atoms with Crippen LogP contribution < -0.4 is 0 Å². The van der Waals surface area contributed by atoms with Crippen molar-refractivity contribution < 1.29 is 47.8 Å². The molecule has 0 aliphatic heterocycles. The molecule has 0 aromatic carbocycles. The van der Waals surface area contributed by atoms with Gasteiger partial charge in [0.05, 0.1) is 19.8 Å². The van der Waals surface area contributed by atoms with Crippen LogP contribution in [0.1, 0.15) is 194 Å². The number of ether oxygens (including phenoxy) is 2. The van der Waals surface area contributed by atoms with Gasteiger partial charge in [0.15, 0.2) is 6.10 Å². The van der Waals surface area contributed by atoms with Crippen LogP contribution in [0.15, 0.2) is 60.8 Å². The van der Waals surface area contributed by atoms with Crippen molar-refractivity contribution in [2.45, 2.75) is 206 Å². The highest BCUT2D eigenvalue weighted by Crippen LogP contribution is 2.43. The summed E-state index contributed by atoms with van der Waals surface area (Å²) in [7, 11) is -4.63. The minimum Gasteiger partial charge on any atom is -0.462 e. The molecule has 0 radical (unpaired) electrons. The Morgan fingerprint density at radius 1 is 0.508 bits per heavy atom. The number of hydrogen-bond acceptors (Lipinski definition) is 9. The van der Waals surface area contributed by atoms with E-state index in [-0.39, 0.29) is 19.4 Å². The second-order valence-corrected chi connectivity index (χ2v) is 16.9. The average molecular weight is 853 g/mol. The Labute approximate surface area is 359 Å². The highest BCUT2D eigenvalue weighted by atomic mass is 31.2. The highest BCUT2D eigenvalue weighted by molar-refractivity contribution is 7.47. The van der Waals surface area contributed by atoms with E-state index in [4.69, 9.17) is 23.6 Å². The second-order valence-electron chi connectivity index (χ2n) is 15.4. The molecule has 11 heteroatoms. The third kappa shape index (κ3) is 43.6. The lowest BCUT2D eigenvalue weighted by Crippen LogP contribution is -2.29. The number of carbonyl (C=O) groups is 2. The zero-order valence-electron chi connectivity index (χ0n) is 37.2. The van der Waals surface area contributed by atoms with E-state index in [1.165, 1.54) is 83.5 Å². The van der Waals surface area contributed by atoms with Crippen molar-refractivity contribution in [3.63, 3.8) is 0 Å². The molecule has 59 heavy (non-hydrogen) atoms. The van der Waals surface area contributed by atoms with Crippen LogP contribution in [-0.2, 0) is 32.7 Å². The third-order valence-corrected chi connectivity index (χ3v) is 10.6. The van der Waals surface area contributed by atoms with E-state index in [0.717, 1.165) is 70.6 Å². The van der Waals surface area contributed by atoms with E-state index in [1.54, 1.807) is 0 Å². The van der Waals surface area contributed by atoms with Crippen LogP contribution in [0.25, 0.3) is 0 Å². The minimum absolute atomic E-state index is 0.156. The summed E-state index contributed by atoms with van der Waals surface area (Å²) in [6, 6.07) is 0. The van der Waals surface area contributed by atoms with E-state index in [2.05, 4.69) is 74.6 Å². The van der Waals surface area contributed by atoms with Gasteiger partial charge in [0.2, 0.25) is 0 Å². The first kappa shape index (κ1) is 56.7. The Balaban J connectivity index is 4.30. The number of carbonyl (C=O) groups excluding carboxylic acids is 2. The van der Waals surface area contributed by atoms with Crippen LogP contribution in [0, 0.1) is 0 Å². The van der Waals surface area contributed by atoms with Gasteiger partial charge >= 0.3 is 19.8 Å². The topological polar surface area (TPSA) is 149 Å². The zero-order valence-corrected chi connectivity index (χ0v) is 38.1. The molecule has 0 saturated carbocycles. The molecule has 0 fully saturated rings. The van der Waals surface area contributed by atoms with Crippen LogP contribution in [0.4, 0.5) is 0 Å². The van der Waals surface area contributed by atoms with Crippen LogP contribution in [0.5, 0.6) is 0 Å². The molecule has 342 valence electrons. The molecule has 3 atom stereocenters. The van der Waals surface area contributed by atoms with Crippen LogP contribution >= 0.6 is 7.82 Å². The molecule has 0 heterocycles. The first-order valence-corrected chi connectivity index (χ1v) is 24.7. The number of hydrogen-bond donors (Lipinski definition) is 3. The first-order valence-electron chi connectivity index (χ1n) is 23.2. The van der Waals surface area contributed by atoms with Crippen LogP contribution in [0.3, 0.4) is 0 Å². The maximum atomic E-state index is 12.6. The van der Waals surface area contributed by atoms with Gasteiger partial charge in [0.1, 0.15) is 12.7 Å². The molecule has 0 amide bonds. The van der Waals surface area contributed by atoms with Crippen LogP contribution in [0.2, 0.25) is 0 Å². The van der Waals surface area contributed by atoms with E-state index < -0.39 is 51.8 Å². The fraction of sp³-hybridized carbons (Fsp3) is 0.750. The van der Waals surface area contributed by atoms with E-state index in [9.17, 15) is 24.2 Å². The smallest absolute Gasteiger partial charge is 0.462 e. The highest BCUT2D eigenvalue weighted by Gasteiger charge is 2.27. The van der Waals surface area contributed by atoms with Gasteiger partial charge in [-0.15, -0.1) is 0 Å². The van der Waals surface area contributed by atoms with Crippen molar-refractivity contribution in [2.75, 3.05) is 26.4 Å². The fourth-order valence-corrected chi connectivity index (χ4v) is 6.82. The molecule has 1 unspecified atom stereocenters. The van der Waals surface area contributed by atoms with Crippen molar-refractivity contribution >= 4 is 19.8 Å². The van der Waals surface area contributed by atoms with Gasteiger partial charge in [0, 0.05) is 12.8 Å². The van der Waals surface area contributed by atoms with Crippen molar-refractivity contribution in [2.24, 2.45) is 0 Å². The molecule has 0 aromatic rings. The van der Waals surface area contributed by atoms with E-state index in [0.29, 0.717) is 12.8 Å². The van der Waals surface area contributed by atoms with Crippen LogP contribution in [-0.4, -0.2) is 65.7 Å². The van der Waals surface area contributed by atoms with Crippen molar-refractivity contribution in [1.82, 2.24) is 0 Å². The summed E-state index contributed by atoms with van der Waals surface area (Å²) < 4.78 is 32.8. The first-order chi connectivity index (χ1) is 28.7. The third-order valence-electron chi connectivity index (χ3n) is 9.64.